The largest absolute Gasteiger partial charge is 0.462 e. The number of esters is 1. The molecule has 28 heavy (non-hydrogen) atoms. The van der Waals surface area contributed by atoms with Crippen molar-refractivity contribution in [3.8, 4) is 0 Å². The molecule has 7 nitrogen and oxygen atoms in total. The van der Waals surface area contributed by atoms with Crippen molar-refractivity contribution in [2.45, 2.75) is 46.6 Å². The number of benzene rings is 1. The van der Waals surface area contributed by atoms with Crippen LogP contribution in [-0.4, -0.2) is 39.1 Å². The number of anilines is 1. The molecule has 0 unspecified atom stereocenters. The van der Waals surface area contributed by atoms with Gasteiger partial charge in [0.1, 0.15) is 11.1 Å². The van der Waals surface area contributed by atoms with E-state index in [1.807, 2.05) is 25.1 Å². The molecule has 0 fully saturated rings. The predicted molar refractivity (Wildman–Crippen MR) is 110 cm³/mol. The summed E-state index contributed by atoms with van der Waals surface area (Å²) >= 11 is 0. The number of carbonyl (C=O) groups is 1. The van der Waals surface area contributed by atoms with Crippen molar-refractivity contribution in [1.82, 2.24) is 20.0 Å². The molecule has 0 saturated heterocycles. The van der Waals surface area contributed by atoms with Crippen LogP contribution in [0.4, 0.5) is 5.82 Å². The van der Waals surface area contributed by atoms with Gasteiger partial charge in [0.15, 0.2) is 11.3 Å². The Morgan fingerprint density at radius 2 is 2.00 bits per heavy atom. The van der Waals surface area contributed by atoms with E-state index in [0.717, 1.165) is 25.8 Å². The van der Waals surface area contributed by atoms with Crippen LogP contribution < -0.4 is 5.32 Å². The van der Waals surface area contributed by atoms with Gasteiger partial charge in [0.2, 0.25) is 0 Å². The third-order valence-corrected chi connectivity index (χ3v) is 4.59. The molecule has 2 aromatic heterocycles. The van der Waals surface area contributed by atoms with Gasteiger partial charge in [-0.25, -0.2) is 14.5 Å². The van der Waals surface area contributed by atoms with E-state index in [0.29, 0.717) is 41.3 Å². The van der Waals surface area contributed by atoms with E-state index in [2.05, 4.69) is 39.7 Å². The smallest absolute Gasteiger partial charge is 0.342 e. The molecule has 0 atom stereocenters. The molecule has 0 aliphatic rings. The quantitative estimate of drug-likeness (QED) is 0.449. The van der Waals surface area contributed by atoms with Crippen molar-refractivity contribution in [3.05, 3.63) is 47.2 Å². The van der Waals surface area contributed by atoms with Gasteiger partial charge in [-0.3, -0.25) is 0 Å². The van der Waals surface area contributed by atoms with E-state index >= 15 is 0 Å². The first-order valence-corrected chi connectivity index (χ1v) is 9.84. The SMILES string of the molecule is CCCCNc1nc(C)c(C(=O)OCC)c2c1nnn2CCc1ccccc1. The summed E-state index contributed by atoms with van der Waals surface area (Å²) in [5.74, 6) is 0.279. The summed E-state index contributed by atoms with van der Waals surface area (Å²) in [6.45, 7) is 7.48. The molecule has 0 spiro atoms. The molecule has 148 valence electrons. The fraction of sp³-hybridized carbons (Fsp3) is 0.429. The predicted octanol–water partition coefficient (Wildman–Crippen LogP) is 3.77. The lowest BCUT2D eigenvalue weighted by molar-refractivity contribution is 0.0527. The van der Waals surface area contributed by atoms with Crippen molar-refractivity contribution in [2.24, 2.45) is 0 Å². The van der Waals surface area contributed by atoms with E-state index in [-0.39, 0.29) is 5.97 Å². The first-order chi connectivity index (χ1) is 13.7. The lowest BCUT2D eigenvalue weighted by atomic mass is 10.1. The van der Waals surface area contributed by atoms with Crippen LogP contribution in [0.3, 0.4) is 0 Å². The number of pyridine rings is 1. The number of carbonyl (C=O) groups excluding carboxylic acids is 1. The first kappa shape index (κ1) is 19.8. The molecule has 7 heteroatoms. The van der Waals surface area contributed by atoms with Gasteiger partial charge in [-0.1, -0.05) is 48.9 Å². The highest BCUT2D eigenvalue weighted by Gasteiger charge is 2.23. The van der Waals surface area contributed by atoms with Crippen LogP contribution in [0, 0.1) is 6.92 Å². The summed E-state index contributed by atoms with van der Waals surface area (Å²) < 4.78 is 7.06. The first-order valence-electron chi connectivity index (χ1n) is 9.84. The molecule has 2 heterocycles. The number of hydrogen-bond donors (Lipinski definition) is 1. The molecule has 0 radical (unpaired) electrons. The van der Waals surface area contributed by atoms with Crippen LogP contribution in [0.5, 0.6) is 0 Å². The van der Waals surface area contributed by atoms with E-state index in [1.54, 1.807) is 11.6 Å². The van der Waals surface area contributed by atoms with Crippen LogP contribution >= 0.6 is 0 Å². The number of rotatable bonds is 9. The van der Waals surface area contributed by atoms with Crippen molar-refractivity contribution >= 4 is 22.8 Å². The average Bonchev–Trinajstić information content (AvgIpc) is 3.11. The minimum atomic E-state index is -0.388. The zero-order valence-electron chi connectivity index (χ0n) is 16.7. The van der Waals surface area contributed by atoms with Crippen LogP contribution in [0.25, 0.3) is 11.0 Å². The lowest BCUT2D eigenvalue weighted by Crippen LogP contribution is -2.14. The monoisotopic (exact) mass is 381 g/mol. The van der Waals surface area contributed by atoms with Crippen LogP contribution in [0.15, 0.2) is 30.3 Å². The minimum absolute atomic E-state index is 0.307. The molecule has 1 N–H and O–H groups in total. The molecule has 0 aliphatic heterocycles. The average molecular weight is 381 g/mol. The second kappa shape index (κ2) is 9.30. The van der Waals surface area contributed by atoms with Crippen molar-refractivity contribution in [2.75, 3.05) is 18.5 Å². The molecule has 0 bridgehead atoms. The summed E-state index contributed by atoms with van der Waals surface area (Å²) in [4.78, 5) is 17.2. The number of aromatic nitrogens is 4. The van der Waals surface area contributed by atoms with Gasteiger partial charge in [0.25, 0.3) is 0 Å². The molecular formula is C21H27N5O2. The van der Waals surface area contributed by atoms with Crippen molar-refractivity contribution < 1.29 is 9.53 Å². The zero-order chi connectivity index (χ0) is 19.9. The van der Waals surface area contributed by atoms with Gasteiger partial charge in [-0.2, -0.15) is 0 Å². The number of nitrogens with zero attached hydrogens (tertiary/aromatic N) is 4. The summed E-state index contributed by atoms with van der Waals surface area (Å²) in [7, 11) is 0. The number of fused-ring (bicyclic) bond motifs is 1. The number of hydrogen-bond acceptors (Lipinski definition) is 6. The van der Waals surface area contributed by atoms with Gasteiger partial charge in [0.05, 0.1) is 12.3 Å². The van der Waals surface area contributed by atoms with Gasteiger partial charge >= 0.3 is 5.97 Å². The Bertz CT molecular complexity index is 937. The molecule has 0 amide bonds. The number of ether oxygens (including phenoxy) is 1. The molecule has 3 rings (SSSR count). The summed E-state index contributed by atoms with van der Waals surface area (Å²) in [5, 5.41) is 12.0. The number of nitrogens with one attached hydrogen (secondary N) is 1. The maximum Gasteiger partial charge on any atom is 0.342 e. The molecule has 3 aromatic rings. The standard InChI is InChI=1S/C21H27N5O2/c1-4-6-13-22-20-18-19(17(15(3)23-20)21(27)28-5-2)26(25-24-18)14-12-16-10-8-7-9-11-16/h7-11H,4-6,12-14H2,1-3H3,(H,22,23). The highest BCUT2D eigenvalue weighted by atomic mass is 16.5. The summed E-state index contributed by atoms with van der Waals surface area (Å²) in [5.41, 5.74) is 3.55. The Kier molecular flexibility index (Phi) is 6.57. The van der Waals surface area contributed by atoms with Crippen LogP contribution in [-0.2, 0) is 17.7 Å². The van der Waals surface area contributed by atoms with E-state index in [4.69, 9.17) is 4.74 Å². The fourth-order valence-electron chi connectivity index (χ4n) is 3.16. The Labute approximate surface area is 165 Å². The van der Waals surface area contributed by atoms with Gasteiger partial charge in [-0.05, 0) is 32.3 Å². The van der Waals surface area contributed by atoms with Crippen LogP contribution in [0.1, 0.15) is 48.3 Å². The molecule has 1 aromatic carbocycles. The van der Waals surface area contributed by atoms with Crippen molar-refractivity contribution in [3.63, 3.8) is 0 Å². The Hall–Kier alpha value is -2.96. The normalized spacial score (nSPS) is 11.0. The zero-order valence-corrected chi connectivity index (χ0v) is 16.7. The third-order valence-electron chi connectivity index (χ3n) is 4.59. The maximum atomic E-state index is 12.6. The van der Waals surface area contributed by atoms with Gasteiger partial charge in [0, 0.05) is 13.1 Å². The molecular weight excluding hydrogens is 354 g/mol. The van der Waals surface area contributed by atoms with Crippen molar-refractivity contribution in [1.29, 1.82) is 0 Å². The lowest BCUT2D eigenvalue weighted by Gasteiger charge is -2.12. The van der Waals surface area contributed by atoms with Gasteiger partial charge in [-0.15, -0.1) is 5.10 Å². The fourth-order valence-corrected chi connectivity index (χ4v) is 3.16. The van der Waals surface area contributed by atoms with Gasteiger partial charge < -0.3 is 10.1 Å². The van der Waals surface area contributed by atoms with Crippen LogP contribution in [0.2, 0.25) is 0 Å². The second-order valence-corrected chi connectivity index (χ2v) is 6.67. The Morgan fingerprint density at radius 3 is 2.71 bits per heavy atom. The minimum Gasteiger partial charge on any atom is -0.462 e. The highest BCUT2D eigenvalue weighted by Crippen LogP contribution is 2.26. The number of aryl methyl sites for hydroxylation is 3. The highest BCUT2D eigenvalue weighted by molar-refractivity contribution is 6.05. The topological polar surface area (TPSA) is 81.9 Å². The maximum absolute atomic E-state index is 12.6. The summed E-state index contributed by atoms with van der Waals surface area (Å²) in [6.07, 6.45) is 2.91. The molecule has 0 aliphatic carbocycles. The summed E-state index contributed by atoms with van der Waals surface area (Å²) in [6, 6.07) is 10.2. The van der Waals surface area contributed by atoms with E-state index in [9.17, 15) is 4.79 Å². The Balaban J connectivity index is 2.01. The Morgan fingerprint density at radius 1 is 1.21 bits per heavy atom. The van der Waals surface area contributed by atoms with E-state index in [1.165, 1.54) is 5.56 Å². The molecule has 0 saturated carbocycles. The van der Waals surface area contributed by atoms with E-state index < -0.39 is 0 Å². The third kappa shape index (κ3) is 4.30. The second-order valence-electron chi connectivity index (χ2n) is 6.67. The number of unbranched alkanes of at least 4 members (excludes halogenated alkanes) is 1.